The molecular weight excluding hydrogens is 260 g/mol. The van der Waals surface area contributed by atoms with Crippen molar-refractivity contribution in [3.05, 3.63) is 29.8 Å². The van der Waals surface area contributed by atoms with Crippen molar-refractivity contribution < 1.29 is 8.42 Å². The van der Waals surface area contributed by atoms with Gasteiger partial charge in [-0.05, 0) is 23.6 Å². The van der Waals surface area contributed by atoms with Gasteiger partial charge in [-0.2, -0.15) is 0 Å². The van der Waals surface area contributed by atoms with E-state index in [1.807, 2.05) is 32.0 Å². The van der Waals surface area contributed by atoms with E-state index in [2.05, 4.69) is 23.9 Å². The maximum atomic E-state index is 11.9. The monoisotopic (exact) mass is 284 g/mol. The number of rotatable bonds is 7. The van der Waals surface area contributed by atoms with E-state index < -0.39 is 10.0 Å². The van der Waals surface area contributed by atoms with Crippen LogP contribution in [0.25, 0.3) is 0 Å². The molecule has 0 saturated heterocycles. The summed E-state index contributed by atoms with van der Waals surface area (Å²) in [6.45, 7) is 8.67. The van der Waals surface area contributed by atoms with Gasteiger partial charge >= 0.3 is 0 Å². The van der Waals surface area contributed by atoms with Crippen LogP contribution in [0.4, 0.5) is 5.69 Å². The largest absolute Gasteiger partial charge is 0.310 e. The second kappa shape index (κ2) is 6.91. The molecule has 108 valence electrons. The molecule has 0 atom stereocenters. The van der Waals surface area contributed by atoms with E-state index in [9.17, 15) is 8.42 Å². The van der Waals surface area contributed by atoms with Crippen molar-refractivity contribution in [2.75, 3.05) is 10.5 Å². The first kappa shape index (κ1) is 16.0. The zero-order chi connectivity index (χ0) is 14.5. The van der Waals surface area contributed by atoms with Crippen LogP contribution in [0.2, 0.25) is 0 Å². The van der Waals surface area contributed by atoms with E-state index in [-0.39, 0.29) is 11.7 Å². The lowest BCUT2D eigenvalue weighted by molar-refractivity contribution is 0.586. The van der Waals surface area contributed by atoms with Gasteiger partial charge in [-0.15, -0.1) is 0 Å². The highest BCUT2D eigenvalue weighted by atomic mass is 32.2. The standard InChI is InChI=1S/C14H24N2O2S/c1-11(2)10-19(17,18)16-14-7-5-6-13(8-14)9-15-12(3)4/h5-8,11-12,15-16H,9-10H2,1-4H3. The molecule has 1 aromatic rings. The third-order valence-corrected chi connectivity index (χ3v) is 4.12. The highest BCUT2D eigenvalue weighted by molar-refractivity contribution is 7.92. The summed E-state index contributed by atoms with van der Waals surface area (Å²) in [5.74, 6) is 0.255. The molecule has 0 amide bonds. The molecule has 0 unspecified atom stereocenters. The van der Waals surface area contributed by atoms with E-state index in [0.29, 0.717) is 11.7 Å². The fourth-order valence-corrected chi connectivity index (χ4v) is 3.17. The van der Waals surface area contributed by atoms with Gasteiger partial charge in [-0.25, -0.2) is 8.42 Å². The van der Waals surface area contributed by atoms with Crippen molar-refractivity contribution in [2.45, 2.75) is 40.3 Å². The minimum atomic E-state index is -3.25. The van der Waals surface area contributed by atoms with Gasteiger partial charge in [0.15, 0.2) is 0 Å². The lowest BCUT2D eigenvalue weighted by Crippen LogP contribution is -2.22. The molecule has 1 rings (SSSR count). The normalized spacial score (nSPS) is 12.1. The van der Waals surface area contributed by atoms with Crippen molar-refractivity contribution in [3.63, 3.8) is 0 Å². The Morgan fingerprint density at radius 3 is 2.42 bits per heavy atom. The van der Waals surface area contributed by atoms with Gasteiger partial charge in [0.1, 0.15) is 0 Å². The first-order chi connectivity index (χ1) is 8.78. The highest BCUT2D eigenvalue weighted by Crippen LogP contribution is 2.13. The van der Waals surface area contributed by atoms with E-state index in [0.717, 1.165) is 12.1 Å². The predicted octanol–water partition coefficient (Wildman–Crippen LogP) is 2.58. The smallest absolute Gasteiger partial charge is 0.232 e. The maximum Gasteiger partial charge on any atom is 0.232 e. The van der Waals surface area contributed by atoms with Crippen LogP contribution < -0.4 is 10.0 Å². The Kier molecular flexibility index (Phi) is 5.82. The van der Waals surface area contributed by atoms with Crippen molar-refractivity contribution in [3.8, 4) is 0 Å². The lowest BCUT2D eigenvalue weighted by atomic mass is 10.2. The number of benzene rings is 1. The van der Waals surface area contributed by atoms with Crippen LogP contribution >= 0.6 is 0 Å². The second-order valence-electron chi connectivity index (χ2n) is 5.51. The molecule has 0 aliphatic rings. The summed E-state index contributed by atoms with van der Waals surface area (Å²) in [6, 6.07) is 7.89. The summed E-state index contributed by atoms with van der Waals surface area (Å²) in [4.78, 5) is 0. The van der Waals surface area contributed by atoms with E-state index in [1.54, 1.807) is 6.07 Å². The fraction of sp³-hybridized carbons (Fsp3) is 0.571. The Hall–Kier alpha value is -1.07. The van der Waals surface area contributed by atoms with E-state index in [1.165, 1.54) is 0 Å². The molecule has 0 bridgehead atoms. The Morgan fingerprint density at radius 1 is 1.16 bits per heavy atom. The fourth-order valence-electron chi connectivity index (χ4n) is 1.73. The number of hydrogen-bond donors (Lipinski definition) is 2. The minimum Gasteiger partial charge on any atom is -0.310 e. The van der Waals surface area contributed by atoms with Crippen LogP contribution in [0, 0.1) is 5.92 Å². The number of sulfonamides is 1. The third-order valence-electron chi connectivity index (χ3n) is 2.47. The zero-order valence-corrected chi connectivity index (χ0v) is 12.9. The first-order valence-electron chi connectivity index (χ1n) is 6.61. The predicted molar refractivity (Wildman–Crippen MR) is 80.7 cm³/mol. The van der Waals surface area contributed by atoms with Gasteiger partial charge in [0.05, 0.1) is 5.75 Å². The van der Waals surface area contributed by atoms with Gasteiger partial charge in [-0.1, -0.05) is 39.8 Å². The van der Waals surface area contributed by atoms with E-state index >= 15 is 0 Å². The topological polar surface area (TPSA) is 58.2 Å². The molecule has 5 heteroatoms. The SMILES string of the molecule is CC(C)CS(=O)(=O)Nc1cccc(CNC(C)C)c1. The summed E-state index contributed by atoms with van der Waals surface area (Å²) in [7, 11) is -3.25. The number of anilines is 1. The van der Waals surface area contributed by atoms with Gasteiger partial charge in [0.2, 0.25) is 10.0 Å². The summed E-state index contributed by atoms with van der Waals surface area (Å²) < 4.78 is 26.3. The molecule has 0 radical (unpaired) electrons. The van der Waals surface area contributed by atoms with Gasteiger partial charge in [-0.3, -0.25) is 4.72 Å². The summed E-state index contributed by atoms with van der Waals surface area (Å²) in [6.07, 6.45) is 0. The van der Waals surface area contributed by atoms with E-state index in [4.69, 9.17) is 0 Å². The molecule has 0 aliphatic carbocycles. The number of nitrogens with one attached hydrogen (secondary N) is 2. The summed E-state index contributed by atoms with van der Waals surface area (Å²) in [5, 5.41) is 3.31. The van der Waals surface area contributed by atoms with Crippen LogP contribution in [-0.4, -0.2) is 20.2 Å². The molecule has 0 saturated carbocycles. The van der Waals surface area contributed by atoms with Gasteiger partial charge in [0, 0.05) is 18.3 Å². The van der Waals surface area contributed by atoms with Crippen LogP contribution in [0.3, 0.4) is 0 Å². The average molecular weight is 284 g/mol. The Morgan fingerprint density at radius 2 is 1.84 bits per heavy atom. The molecule has 2 N–H and O–H groups in total. The highest BCUT2D eigenvalue weighted by Gasteiger charge is 2.12. The molecule has 0 aromatic heterocycles. The van der Waals surface area contributed by atoms with Crippen LogP contribution in [0.5, 0.6) is 0 Å². The second-order valence-corrected chi connectivity index (χ2v) is 7.28. The van der Waals surface area contributed by atoms with Gasteiger partial charge < -0.3 is 5.32 Å². The quantitative estimate of drug-likeness (QED) is 0.809. The molecular formula is C14H24N2O2S. The molecule has 0 heterocycles. The Balaban J connectivity index is 2.71. The van der Waals surface area contributed by atoms with Gasteiger partial charge in [0.25, 0.3) is 0 Å². The van der Waals surface area contributed by atoms with Crippen LogP contribution in [0.15, 0.2) is 24.3 Å². The molecule has 1 aromatic carbocycles. The molecule has 4 nitrogen and oxygen atoms in total. The lowest BCUT2D eigenvalue weighted by Gasteiger charge is -2.12. The average Bonchev–Trinajstić information content (AvgIpc) is 2.24. The molecule has 0 aliphatic heterocycles. The van der Waals surface area contributed by atoms with Crippen molar-refractivity contribution >= 4 is 15.7 Å². The first-order valence-corrected chi connectivity index (χ1v) is 8.26. The molecule has 0 spiro atoms. The third kappa shape index (κ3) is 6.59. The molecule has 19 heavy (non-hydrogen) atoms. The minimum absolute atomic E-state index is 0.114. The number of hydrogen-bond acceptors (Lipinski definition) is 3. The van der Waals surface area contributed by atoms with Crippen molar-refractivity contribution in [1.29, 1.82) is 0 Å². The van der Waals surface area contributed by atoms with Crippen LogP contribution in [-0.2, 0) is 16.6 Å². The molecule has 0 fully saturated rings. The zero-order valence-electron chi connectivity index (χ0n) is 12.1. The van der Waals surface area contributed by atoms with Crippen molar-refractivity contribution in [1.82, 2.24) is 5.32 Å². The Bertz CT molecular complexity index is 496. The van der Waals surface area contributed by atoms with Crippen LogP contribution in [0.1, 0.15) is 33.3 Å². The summed E-state index contributed by atoms with van der Waals surface area (Å²) >= 11 is 0. The Labute approximate surface area is 116 Å². The maximum absolute atomic E-state index is 11.9. The summed E-state index contributed by atoms with van der Waals surface area (Å²) in [5.41, 5.74) is 1.70. The van der Waals surface area contributed by atoms with Crippen molar-refractivity contribution in [2.24, 2.45) is 5.92 Å².